The first-order chi connectivity index (χ1) is 7.63. The highest BCUT2D eigenvalue weighted by Gasteiger charge is 2.27. The van der Waals surface area contributed by atoms with Crippen molar-refractivity contribution in [3.05, 3.63) is 29.3 Å². The number of nitrogens with one attached hydrogen (secondary N) is 1. The van der Waals surface area contributed by atoms with E-state index in [2.05, 4.69) is 5.32 Å². The Morgan fingerprint density at radius 1 is 1.56 bits per heavy atom. The van der Waals surface area contributed by atoms with Gasteiger partial charge < -0.3 is 15.2 Å². The van der Waals surface area contributed by atoms with Gasteiger partial charge in [-0.15, -0.1) is 0 Å². The Morgan fingerprint density at radius 2 is 2.31 bits per heavy atom. The van der Waals surface area contributed by atoms with Crippen LogP contribution in [-0.4, -0.2) is 24.2 Å². The van der Waals surface area contributed by atoms with Crippen molar-refractivity contribution < 1.29 is 14.6 Å². The number of hydrogen-bond donors (Lipinski definition) is 2. The standard InChI is InChI=1S/C12H15NO3/c1-7-6-10(16-2)8-4-3-5-9(12(14)15)11(8)13-7/h3-5,7,10,13H,6H2,1-2H3,(H,14,15)/t7-,10-/m0/s1. The van der Waals surface area contributed by atoms with Gasteiger partial charge in [-0.1, -0.05) is 12.1 Å². The molecule has 1 aliphatic heterocycles. The summed E-state index contributed by atoms with van der Waals surface area (Å²) in [6.45, 7) is 2.02. The molecule has 1 aromatic rings. The Hall–Kier alpha value is -1.55. The van der Waals surface area contributed by atoms with Crippen molar-refractivity contribution in [3.8, 4) is 0 Å². The van der Waals surface area contributed by atoms with Crippen LogP contribution in [0.15, 0.2) is 18.2 Å². The molecule has 0 aliphatic carbocycles. The van der Waals surface area contributed by atoms with E-state index in [4.69, 9.17) is 9.84 Å². The number of fused-ring (bicyclic) bond motifs is 1. The summed E-state index contributed by atoms with van der Waals surface area (Å²) in [5.41, 5.74) is 1.94. The molecule has 2 atom stereocenters. The third-order valence-corrected chi connectivity index (χ3v) is 2.92. The van der Waals surface area contributed by atoms with Crippen molar-refractivity contribution in [2.24, 2.45) is 0 Å². The van der Waals surface area contributed by atoms with E-state index in [0.29, 0.717) is 11.3 Å². The lowest BCUT2D eigenvalue weighted by Crippen LogP contribution is -2.27. The molecular weight excluding hydrogens is 206 g/mol. The van der Waals surface area contributed by atoms with Crippen LogP contribution in [0.25, 0.3) is 0 Å². The third-order valence-electron chi connectivity index (χ3n) is 2.92. The van der Waals surface area contributed by atoms with Crippen LogP contribution in [0.5, 0.6) is 0 Å². The summed E-state index contributed by atoms with van der Waals surface area (Å²) in [5, 5.41) is 12.3. The van der Waals surface area contributed by atoms with Crippen LogP contribution in [0, 0.1) is 0 Å². The van der Waals surface area contributed by atoms with Gasteiger partial charge in [0, 0.05) is 18.7 Å². The van der Waals surface area contributed by atoms with Crippen LogP contribution in [0.1, 0.15) is 35.4 Å². The number of carboxylic acids is 1. The van der Waals surface area contributed by atoms with Gasteiger partial charge in [0.05, 0.1) is 17.4 Å². The van der Waals surface area contributed by atoms with Gasteiger partial charge in [0.2, 0.25) is 0 Å². The summed E-state index contributed by atoms with van der Waals surface area (Å²) in [4.78, 5) is 11.1. The fourth-order valence-electron chi connectivity index (χ4n) is 2.15. The highest BCUT2D eigenvalue weighted by Crippen LogP contribution is 2.36. The van der Waals surface area contributed by atoms with Gasteiger partial charge in [0.15, 0.2) is 0 Å². The lowest BCUT2D eigenvalue weighted by molar-refractivity contribution is 0.0695. The van der Waals surface area contributed by atoms with E-state index < -0.39 is 5.97 Å². The molecule has 0 amide bonds. The summed E-state index contributed by atoms with van der Waals surface area (Å²) in [6.07, 6.45) is 0.831. The number of ether oxygens (including phenoxy) is 1. The van der Waals surface area contributed by atoms with Gasteiger partial charge in [0.1, 0.15) is 0 Å². The fraction of sp³-hybridized carbons (Fsp3) is 0.417. The summed E-state index contributed by atoms with van der Waals surface area (Å²) in [7, 11) is 1.65. The number of anilines is 1. The average molecular weight is 221 g/mol. The van der Waals surface area contributed by atoms with Gasteiger partial charge in [-0.3, -0.25) is 0 Å². The number of carbonyl (C=O) groups is 1. The second-order valence-corrected chi connectivity index (χ2v) is 4.08. The number of benzene rings is 1. The molecule has 0 radical (unpaired) electrons. The SMILES string of the molecule is CO[C@H]1C[C@H](C)Nc2c(C(=O)O)cccc21. The van der Waals surface area contributed by atoms with Crippen LogP contribution in [0.3, 0.4) is 0 Å². The zero-order valence-corrected chi connectivity index (χ0v) is 9.36. The van der Waals surface area contributed by atoms with Gasteiger partial charge >= 0.3 is 5.97 Å². The normalized spacial score (nSPS) is 23.4. The van der Waals surface area contributed by atoms with E-state index in [1.54, 1.807) is 19.2 Å². The first kappa shape index (κ1) is 11.0. The maximum atomic E-state index is 11.1. The predicted molar refractivity (Wildman–Crippen MR) is 60.9 cm³/mol. The van der Waals surface area contributed by atoms with Crippen molar-refractivity contribution in [3.63, 3.8) is 0 Å². The number of rotatable bonds is 2. The molecule has 0 saturated heterocycles. The molecule has 0 fully saturated rings. The molecule has 0 spiro atoms. The summed E-state index contributed by atoms with van der Waals surface area (Å²) < 4.78 is 5.39. The molecule has 1 heterocycles. The highest BCUT2D eigenvalue weighted by molar-refractivity contribution is 5.95. The third kappa shape index (κ3) is 1.76. The minimum absolute atomic E-state index is 0.0226. The van der Waals surface area contributed by atoms with Gasteiger partial charge in [-0.05, 0) is 19.4 Å². The second-order valence-electron chi connectivity index (χ2n) is 4.08. The van der Waals surface area contributed by atoms with Crippen LogP contribution in [0.2, 0.25) is 0 Å². The molecule has 2 rings (SSSR count). The molecule has 0 aromatic heterocycles. The van der Waals surface area contributed by atoms with Gasteiger partial charge in [-0.25, -0.2) is 4.79 Å². The largest absolute Gasteiger partial charge is 0.478 e. The van der Waals surface area contributed by atoms with E-state index >= 15 is 0 Å². The van der Waals surface area contributed by atoms with Gasteiger partial charge in [0.25, 0.3) is 0 Å². The predicted octanol–water partition coefficient (Wildman–Crippen LogP) is 2.28. The maximum absolute atomic E-state index is 11.1. The van der Waals surface area contributed by atoms with Crippen molar-refractivity contribution in [1.29, 1.82) is 0 Å². The van der Waals surface area contributed by atoms with Crippen LogP contribution >= 0.6 is 0 Å². The first-order valence-electron chi connectivity index (χ1n) is 5.29. The molecule has 0 unspecified atom stereocenters. The van der Waals surface area contributed by atoms with E-state index in [1.807, 2.05) is 13.0 Å². The average Bonchev–Trinajstić information content (AvgIpc) is 2.26. The lowest BCUT2D eigenvalue weighted by Gasteiger charge is -2.31. The van der Waals surface area contributed by atoms with Crippen molar-refractivity contribution >= 4 is 11.7 Å². The topological polar surface area (TPSA) is 58.6 Å². The Bertz CT molecular complexity index is 417. The quantitative estimate of drug-likeness (QED) is 0.804. The molecule has 4 nitrogen and oxygen atoms in total. The molecular formula is C12H15NO3. The fourth-order valence-corrected chi connectivity index (χ4v) is 2.15. The zero-order chi connectivity index (χ0) is 11.7. The maximum Gasteiger partial charge on any atom is 0.337 e. The van der Waals surface area contributed by atoms with Gasteiger partial charge in [-0.2, -0.15) is 0 Å². The number of methoxy groups -OCH3 is 1. The van der Waals surface area contributed by atoms with Crippen molar-refractivity contribution in [2.45, 2.75) is 25.5 Å². The number of aromatic carboxylic acids is 1. The minimum Gasteiger partial charge on any atom is -0.478 e. The first-order valence-corrected chi connectivity index (χ1v) is 5.29. The Labute approximate surface area is 94.2 Å². The molecule has 1 aromatic carbocycles. The minimum atomic E-state index is -0.909. The monoisotopic (exact) mass is 221 g/mol. The Morgan fingerprint density at radius 3 is 2.94 bits per heavy atom. The van der Waals surface area contributed by atoms with E-state index in [9.17, 15) is 4.79 Å². The highest BCUT2D eigenvalue weighted by atomic mass is 16.5. The lowest BCUT2D eigenvalue weighted by atomic mass is 9.93. The molecule has 16 heavy (non-hydrogen) atoms. The molecule has 0 bridgehead atoms. The zero-order valence-electron chi connectivity index (χ0n) is 9.36. The molecule has 0 saturated carbocycles. The van der Waals surface area contributed by atoms with E-state index in [0.717, 1.165) is 12.0 Å². The summed E-state index contributed by atoms with van der Waals surface area (Å²) in [6, 6.07) is 5.50. The summed E-state index contributed by atoms with van der Waals surface area (Å²) >= 11 is 0. The number of hydrogen-bond acceptors (Lipinski definition) is 3. The number of carboxylic acid groups (broad SMARTS) is 1. The van der Waals surface area contributed by atoms with Crippen molar-refractivity contribution in [2.75, 3.05) is 12.4 Å². The number of para-hydroxylation sites is 1. The van der Waals surface area contributed by atoms with E-state index in [-0.39, 0.29) is 12.1 Å². The Kier molecular flexibility index (Phi) is 2.83. The van der Waals surface area contributed by atoms with Crippen molar-refractivity contribution in [1.82, 2.24) is 0 Å². The van der Waals surface area contributed by atoms with Crippen LogP contribution in [-0.2, 0) is 4.74 Å². The molecule has 4 heteroatoms. The smallest absolute Gasteiger partial charge is 0.337 e. The van der Waals surface area contributed by atoms with E-state index in [1.165, 1.54) is 0 Å². The molecule has 86 valence electrons. The molecule has 1 aliphatic rings. The Balaban J connectivity index is 2.52. The summed E-state index contributed by atoms with van der Waals surface area (Å²) in [5.74, 6) is -0.909. The van der Waals surface area contributed by atoms with Crippen LogP contribution < -0.4 is 5.32 Å². The second kappa shape index (κ2) is 4.14. The van der Waals surface area contributed by atoms with Crippen LogP contribution in [0.4, 0.5) is 5.69 Å². The molecule has 2 N–H and O–H groups in total.